The fourth-order valence-electron chi connectivity index (χ4n) is 4.33. The van der Waals surface area contributed by atoms with Crippen molar-refractivity contribution < 1.29 is 19.0 Å². The van der Waals surface area contributed by atoms with Crippen LogP contribution >= 0.6 is 11.6 Å². The van der Waals surface area contributed by atoms with Crippen LogP contribution in [0.3, 0.4) is 0 Å². The molecule has 1 aromatic heterocycles. The Kier molecular flexibility index (Phi) is 7.08. The number of nitrogens with one attached hydrogen (secondary N) is 2. The maximum Gasteiger partial charge on any atom is 0.251 e. The summed E-state index contributed by atoms with van der Waals surface area (Å²) < 4.78 is 16.1. The van der Waals surface area contributed by atoms with Gasteiger partial charge in [0.15, 0.2) is 11.5 Å². The molecule has 1 amide bonds. The second-order valence-corrected chi connectivity index (χ2v) is 8.54. The summed E-state index contributed by atoms with van der Waals surface area (Å²) in [6, 6.07) is 11.5. The Balaban J connectivity index is 1.38. The molecule has 0 unspecified atom stereocenters. The highest BCUT2D eigenvalue weighted by Gasteiger charge is 2.24. The van der Waals surface area contributed by atoms with Crippen molar-refractivity contribution in [3.63, 3.8) is 0 Å². The van der Waals surface area contributed by atoms with Crippen LogP contribution < -0.4 is 24.8 Å². The lowest BCUT2D eigenvalue weighted by Crippen LogP contribution is -2.40. The number of halogens is 1. The zero-order valence-electron chi connectivity index (χ0n) is 19.0. The van der Waals surface area contributed by atoms with Gasteiger partial charge in [0.1, 0.15) is 0 Å². The molecule has 8 heteroatoms. The summed E-state index contributed by atoms with van der Waals surface area (Å²) in [6.07, 6.45) is 5.49. The van der Waals surface area contributed by atoms with E-state index >= 15 is 0 Å². The SMILES string of the molecule is COc1cc(C(=O)N[C@H]2CC[C@@H](Nc3ccnc4cc(Cl)ccc34)CC2)cc(OC)c1OC. The van der Waals surface area contributed by atoms with Gasteiger partial charge in [-0.2, -0.15) is 0 Å². The van der Waals surface area contributed by atoms with Crippen molar-refractivity contribution in [3.8, 4) is 17.2 Å². The minimum Gasteiger partial charge on any atom is -0.493 e. The van der Waals surface area contributed by atoms with Crippen LogP contribution in [0.2, 0.25) is 5.02 Å². The number of pyridine rings is 1. The summed E-state index contributed by atoms with van der Waals surface area (Å²) in [4.78, 5) is 17.3. The van der Waals surface area contributed by atoms with Crippen LogP contribution in [-0.2, 0) is 0 Å². The van der Waals surface area contributed by atoms with Crippen molar-refractivity contribution in [1.29, 1.82) is 0 Å². The molecular weight excluding hydrogens is 442 g/mol. The third kappa shape index (κ3) is 5.09. The average Bonchev–Trinajstić information content (AvgIpc) is 2.84. The molecule has 0 aliphatic heterocycles. The summed E-state index contributed by atoms with van der Waals surface area (Å²) in [6.45, 7) is 0. The minimum absolute atomic E-state index is 0.114. The number of nitrogens with zero attached hydrogens (tertiary/aromatic N) is 1. The quantitative estimate of drug-likeness (QED) is 0.503. The van der Waals surface area contributed by atoms with Gasteiger partial charge in [-0.05, 0) is 62.1 Å². The Morgan fingerprint density at radius 2 is 1.61 bits per heavy atom. The first-order valence-electron chi connectivity index (χ1n) is 10.9. The lowest BCUT2D eigenvalue weighted by molar-refractivity contribution is 0.0925. The Labute approximate surface area is 198 Å². The Morgan fingerprint density at radius 1 is 0.939 bits per heavy atom. The van der Waals surface area contributed by atoms with Gasteiger partial charge in [0, 0.05) is 39.9 Å². The third-order valence-electron chi connectivity index (χ3n) is 6.05. The van der Waals surface area contributed by atoms with Crippen LogP contribution in [0.25, 0.3) is 10.9 Å². The summed E-state index contributed by atoms with van der Waals surface area (Å²) in [5.41, 5.74) is 2.41. The van der Waals surface area contributed by atoms with E-state index in [1.165, 1.54) is 21.3 Å². The Bertz CT molecular complexity index is 1120. The van der Waals surface area contributed by atoms with Crippen LogP contribution in [0.1, 0.15) is 36.0 Å². The predicted molar refractivity (Wildman–Crippen MR) is 130 cm³/mol. The molecule has 1 heterocycles. The molecule has 4 rings (SSSR count). The van der Waals surface area contributed by atoms with Gasteiger partial charge >= 0.3 is 0 Å². The molecular formula is C25H28ClN3O4. The lowest BCUT2D eigenvalue weighted by Gasteiger charge is -2.30. The second-order valence-electron chi connectivity index (χ2n) is 8.10. The standard InChI is InChI=1S/C25H28ClN3O4/c1-31-22-12-15(13-23(32-2)24(22)33-3)25(30)29-18-7-5-17(6-8-18)28-20-10-11-27-21-14-16(26)4-9-19(20)21/h4,9-14,17-18H,5-8H2,1-3H3,(H,27,28)(H,29,30)/t17-,18+. The number of carbonyl (C=O) groups is 1. The molecule has 1 saturated carbocycles. The highest BCUT2D eigenvalue weighted by molar-refractivity contribution is 6.31. The molecule has 0 saturated heterocycles. The van der Waals surface area contributed by atoms with Crippen LogP contribution in [0.15, 0.2) is 42.6 Å². The van der Waals surface area contributed by atoms with Crippen molar-refractivity contribution >= 4 is 34.1 Å². The van der Waals surface area contributed by atoms with Crippen LogP contribution in [0.5, 0.6) is 17.2 Å². The summed E-state index contributed by atoms with van der Waals surface area (Å²) >= 11 is 6.10. The van der Waals surface area contributed by atoms with E-state index in [1.807, 2.05) is 24.3 Å². The van der Waals surface area contributed by atoms with E-state index in [2.05, 4.69) is 15.6 Å². The van der Waals surface area contributed by atoms with Crippen LogP contribution in [-0.4, -0.2) is 44.3 Å². The summed E-state index contributed by atoms with van der Waals surface area (Å²) in [5.74, 6) is 1.23. The number of methoxy groups -OCH3 is 3. The number of ether oxygens (including phenoxy) is 3. The van der Waals surface area contributed by atoms with Gasteiger partial charge in [0.05, 0.1) is 26.8 Å². The third-order valence-corrected chi connectivity index (χ3v) is 6.29. The van der Waals surface area contributed by atoms with Crippen LogP contribution in [0.4, 0.5) is 5.69 Å². The predicted octanol–water partition coefficient (Wildman–Crippen LogP) is 5.07. The number of hydrogen-bond donors (Lipinski definition) is 2. The molecule has 0 bridgehead atoms. The van der Waals surface area contributed by atoms with Gasteiger partial charge in [-0.1, -0.05) is 11.6 Å². The number of anilines is 1. The van der Waals surface area contributed by atoms with Gasteiger partial charge in [0.2, 0.25) is 5.75 Å². The fraction of sp³-hybridized carbons (Fsp3) is 0.360. The molecule has 0 atom stereocenters. The number of fused-ring (bicyclic) bond motifs is 1. The molecule has 2 aromatic carbocycles. The molecule has 1 aliphatic rings. The first-order valence-corrected chi connectivity index (χ1v) is 11.3. The first kappa shape index (κ1) is 23.0. The van der Waals surface area contributed by atoms with Crippen molar-refractivity contribution in [2.24, 2.45) is 0 Å². The van der Waals surface area contributed by atoms with Crippen molar-refractivity contribution in [3.05, 3.63) is 53.2 Å². The van der Waals surface area contributed by atoms with Gasteiger partial charge < -0.3 is 24.8 Å². The van der Waals surface area contributed by atoms with Crippen LogP contribution in [0, 0.1) is 0 Å². The van der Waals surface area contributed by atoms with Gasteiger partial charge in [0.25, 0.3) is 5.91 Å². The molecule has 33 heavy (non-hydrogen) atoms. The monoisotopic (exact) mass is 469 g/mol. The van der Waals surface area contributed by atoms with E-state index in [4.69, 9.17) is 25.8 Å². The maximum atomic E-state index is 12.9. The number of hydrogen-bond acceptors (Lipinski definition) is 6. The van der Waals surface area contributed by atoms with E-state index < -0.39 is 0 Å². The summed E-state index contributed by atoms with van der Waals surface area (Å²) in [5, 5.41) is 8.53. The minimum atomic E-state index is -0.150. The zero-order valence-corrected chi connectivity index (χ0v) is 19.7. The van der Waals surface area contributed by atoms with Crippen molar-refractivity contribution in [2.45, 2.75) is 37.8 Å². The Morgan fingerprint density at radius 3 is 2.24 bits per heavy atom. The summed E-state index contributed by atoms with van der Waals surface area (Å²) in [7, 11) is 4.61. The largest absolute Gasteiger partial charge is 0.493 e. The Hall–Kier alpha value is -3.19. The normalized spacial score (nSPS) is 17.9. The van der Waals surface area contributed by atoms with E-state index in [1.54, 1.807) is 18.3 Å². The lowest BCUT2D eigenvalue weighted by atomic mass is 9.90. The zero-order chi connectivity index (χ0) is 23.4. The number of benzene rings is 2. The molecule has 1 fully saturated rings. The smallest absolute Gasteiger partial charge is 0.251 e. The van der Waals surface area contributed by atoms with Crippen molar-refractivity contribution in [1.82, 2.24) is 10.3 Å². The number of aromatic nitrogens is 1. The van der Waals surface area contributed by atoms with E-state index in [0.29, 0.717) is 33.9 Å². The van der Waals surface area contributed by atoms with Crippen molar-refractivity contribution in [2.75, 3.05) is 26.6 Å². The van der Waals surface area contributed by atoms with Gasteiger partial charge in [-0.15, -0.1) is 0 Å². The van der Waals surface area contributed by atoms with Gasteiger partial charge in [-0.3, -0.25) is 9.78 Å². The molecule has 2 N–H and O–H groups in total. The second kappa shape index (κ2) is 10.2. The van der Waals surface area contributed by atoms with Gasteiger partial charge in [-0.25, -0.2) is 0 Å². The number of amides is 1. The highest BCUT2D eigenvalue weighted by atomic mass is 35.5. The fourth-order valence-corrected chi connectivity index (χ4v) is 4.50. The van der Waals surface area contributed by atoms with E-state index in [-0.39, 0.29) is 11.9 Å². The number of carbonyl (C=O) groups excluding carboxylic acids is 1. The topological polar surface area (TPSA) is 81.7 Å². The van der Waals surface area contributed by atoms with E-state index in [0.717, 1.165) is 42.3 Å². The molecule has 0 radical (unpaired) electrons. The first-order chi connectivity index (χ1) is 16.0. The average molecular weight is 470 g/mol. The molecule has 1 aliphatic carbocycles. The number of rotatable bonds is 7. The molecule has 3 aromatic rings. The van der Waals surface area contributed by atoms with E-state index in [9.17, 15) is 4.79 Å². The maximum absolute atomic E-state index is 12.9. The molecule has 0 spiro atoms. The molecule has 174 valence electrons. The molecule has 7 nitrogen and oxygen atoms in total. The highest BCUT2D eigenvalue weighted by Crippen LogP contribution is 2.38.